The lowest BCUT2D eigenvalue weighted by Crippen LogP contribution is -2.60. The van der Waals surface area contributed by atoms with Crippen molar-refractivity contribution in [2.75, 3.05) is 5.75 Å². The number of carbonyl (C=O) groups excluding carboxylic acids is 1. The number of halogens is 1. The fraction of sp³-hybridized carbons (Fsp3) is 0.533. The zero-order valence-electron chi connectivity index (χ0n) is 11.3. The second-order valence-corrected chi connectivity index (χ2v) is 6.76. The number of primary amides is 1. The van der Waals surface area contributed by atoms with Crippen molar-refractivity contribution in [3.63, 3.8) is 0 Å². The van der Waals surface area contributed by atoms with Crippen molar-refractivity contribution in [1.29, 1.82) is 0 Å². The Kier molecular flexibility index (Phi) is 3.73. The van der Waals surface area contributed by atoms with Gasteiger partial charge in [0, 0.05) is 16.7 Å². The van der Waals surface area contributed by atoms with Gasteiger partial charge in [0.15, 0.2) is 0 Å². The number of hydrogen-bond donors (Lipinski definition) is 2. The van der Waals surface area contributed by atoms with E-state index in [2.05, 4.69) is 5.32 Å². The molecular formula is C15H19FN2OS. The van der Waals surface area contributed by atoms with Gasteiger partial charge in [-0.3, -0.25) is 10.1 Å². The number of carbonyl (C=O) groups is 1. The van der Waals surface area contributed by atoms with Gasteiger partial charge in [0.1, 0.15) is 11.4 Å². The van der Waals surface area contributed by atoms with E-state index in [1.54, 1.807) is 12.1 Å². The first kappa shape index (κ1) is 13.9. The summed E-state index contributed by atoms with van der Waals surface area (Å²) in [5.74, 6) is 0.276. The summed E-state index contributed by atoms with van der Waals surface area (Å²) in [6.45, 7) is 0. The smallest absolute Gasteiger partial charge is 0.238 e. The summed E-state index contributed by atoms with van der Waals surface area (Å²) in [4.78, 5) is 12.6. The number of benzene rings is 1. The number of rotatable bonds is 7. The average molecular weight is 294 g/mol. The summed E-state index contributed by atoms with van der Waals surface area (Å²) in [5, 5.41) is 3.44. The Balaban J connectivity index is 1.75. The second kappa shape index (κ2) is 5.37. The van der Waals surface area contributed by atoms with Crippen LogP contribution in [0.25, 0.3) is 0 Å². The molecule has 1 aromatic rings. The highest BCUT2D eigenvalue weighted by atomic mass is 32.2. The fourth-order valence-electron chi connectivity index (χ4n) is 2.54. The Hall–Kier alpha value is -1.07. The minimum atomic E-state index is -0.673. The molecule has 1 amide bonds. The van der Waals surface area contributed by atoms with E-state index in [0.29, 0.717) is 22.6 Å². The van der Waals surface area contributed by atoms with Crippen LogP contribution in [0.5, 0.6) is 0 Å². The van der Waals surface area contributed by atoms with Crippen LogP contribution in [0.2, 0.25) is 0 Å². The molecule has 0 aliphatic heterocycles. The maximum atomic E-state index is 13.7. The summed E-state index contributed by atoms with van der Waals surface area (Å²) in [7, 11) is 0. The molecular weight excluding hydrogens is 275 g/mol. The van der Waals surface area contributed by atoms with Gasteiger partial charge in [0.2, 0.25) is 5.91 Å². The van der Waals surface area contributed by atoms with Crippen LogP contribution in [0.4, 0.5) is 4.39 Å². The third-order valence-corrected chi connectivity index (χ3v) is 5.29. The zero-order chi connectivity index (χ0) is 14.2. The monoisotopic (exact) mass is 294 g/mol. The first-order chi connectivity index (χ1) is 9.62. The molecule has 2 aliphatic carbocycles. The molecule has 2 saturated carbocycles. The van der Waals surface area contributed by atoms with E-state index in [1.165, 1.54) is 17.8 Å². The Morgan fingerprint density at radius 3 is 2.60 bits per heavy atom. The second-order valence-electron chi connectivity index (χ2n) is 5.75. The standard InChI is InChI=1S/C15H19FN2OS/c16-12-3-1-2-4-13(12)20-9-15(14(17)19,10-5-6-10)18-11-7-8-11/h1-4,10-11,18H,5-9H2,(H2,17,19). The van der Waals surface area contributed by atoms with Gasteiger partial charge in [0.25, 0.3) is 0 Å². The SMILES string of the molecule is NC(=O)C(CSc1ccccc1F)(NC1CC1)C1CC1. The summed E-state index contributed by atoms with van der Waals surface area (Å²) >= 11 is 1.38. The van der Waals surface area contributed by atoms with Crippen molar-refractivity contribution in [3.05, 3.63) is 30.1 Å². The largest absolute Gasteiger partial charge is 0.368 e. The van der Waals surface area contributed by atoms with Crippen LogP contribution >= 0.6 is 11.8 Å². The van der Waals surface area contributed by atoms with E-state index in [4.69, 9.17) is 5.73 Å². The molecule has 3 N–H and O–H groups in total. The van der Waals surface area contributed by atoms with Crippen LogP contribution in [0, 0.1) is 11.7 Å². The molecule has 0 saturated heterocycles. The Bertz CT molecular complexity index is 516. The molecule has 0 bridgehead atoms. The lowest BCUT2D eigenvalue weighted by atomic mass is 9.94. The minimum Gasteiger partial charge on any atom is -0.368 e. The maximum absolute atomic E-state index is 13.7. The Morgan fingerprint density at radius 1 is 1.35 bits per heavy atom. The highest BCUT2D eigenvalue weighted by Gasteiger charge is 2.51. The molecule has 3 nitrogen and oxygen atoms in total. The maximum Gasteiger partial charge on any atom is 0.238 e. The highest BCUT2D eigenvalue weighted by molar-refractivity contribution is 7.99. The Morgan fingerprint density at radius 2 is 2.05 bits per heavy atom. The quantitative estimate of drug-likeness (QED) is 0.759. The summed E-state index contributed by atoms with van der Waals surface area (Å²) in [6.07, 6.45) is 4.26. The molecule has 2 fully saturated rings. The minimum absolute atomic E-state index is 0.238. The molecule has 0 aromatic heterocycles. The van der Waals surface area contributed by atoms with Crippen molar-refractivity contribution in [2.24, 2.45) is 11.7 Å². The Labute approximate surface area is 122 Å². The van der Waals surface area contributed by atoms with Crippen molar-refractivity contribution in [3.8, 4) is 0 Å². The van der Waals surface area contributed by atoms with Gasteiger partial charge in [-0.25, -0.2) is 4.39 Å². The van der Waals surface area contributed by atoms with Gasteiger partial charge < -0.3 is 5.73 Å². The molecule has 0 radical (unpaired) electrons. The summed E-state index contributed by atoms with van der Waals surface area (Å²) in [6, 6.07) is 7.08. The number of amides is 1. The van der Waals surface area contributed by atoms with Gasteiger partial charge in [-0.2, -0.15) is 0 Å². The molecule has 108 valence electrons. The summed E-state index contributed by atoms with van der Waals surface area (Å²) < 4.78 is 13.7. The van der Waals surface area contributed by atoms with E-state index < -0.39 is 5.54 Å². The van der Waals surface area contributed by atoms with E-state index >= 15 is 0 Å². The van der Waals surface area contributed by atoms with E-state index in [1.807, 2.05) is 6.07 Å². The predicted octanol–water partition coefficient (Wildman–Crippen LogP) is 2.30. The molecule has 20 heavy (non-hydrogen) atoms. The van der Waals surface area contributed by atoms with Gasteiger partial charge in [-0.05, 0) is 43.7 Å². The fourth-order valence-corrected chi connectivity index (χ4v) is 3.77. The van der Waals surface area contributed by atoms with Gasteiger partial charge in [-0.1, -0.05) is 12.1 Å². The third-order valence-electron chi connectivity index (χ3n) is 4.04. The molecule has 0 heterocycles. The van der Waals surface area contributed by atoms with Crippen LogP contribution < -0.4 is 11.1 Å². The van der Waals surface area contributed by atoms with Crippen LogP contribution in [0.3, 0.4) is 0 Å². The topological polar surface area (TPSA) is 55.1 Å². The van der Waals surface area contributed by atoms with Crippen LogP contribution in [-0.4, -0.2) is 23.2 Å². The van der Waals surface area contributed by atoms with Gasteiger partial charge in [-0.15, -0.1) is 11.8 Å². The normalized spacial score (nSPS) is 21.4. The lowest BCUT2D eigenvalue weighted by Gasteiger charge is -2.32. The van der Waals surface area contributed by atoms with E-state index in [-0.39, 0.29) is 11.7 Å². The zero-order valence-corrected chi connectivity index (χ0v) is 12.1. The van der Waals surface area contributed by atoms with Gasteiger partial charge in [0.05, 0.1) is 0 Å². The van der Waals surface area contributed by atoms with Crippen molar-refractivity contribution in [1.82, 2.24) is 5.32 Å². The number of nitrogens with two attached hydrogens (primary N) is 1. The van der Waals surface area contributed by atoms with E-state index in [0.717, 1.165) is 25.7 Å². The number of nitrogens with one attached hydrogen (secondary N) is 1. The molecule has 1 atom stereocenters. The predicted molar refractivity (Wildman–Crippen MR) is 77.9 cm³/mol. The molecule has 1 unspecified atom stereocenters. The summed E-state index contributed by atoms with van der Waals surface area (Å²) in [5.41, 5.74) is 5.01. The molecule has 5 heteroatoms. The lowest BCUT2D eigenvalue weighted by molar-refractivity contribution is -0.124. The van der Waals surface area contributed by atoms with Crippen molar-refractivity contribution >= 4 is 17.7 Å². The molecule has 1 aromatic carbocycles. The highest BCUT2D eigenvalue weighted by Crippen LogP contribution is 2.44. The van der Waals surface area contributed by atoms with Crippen molar-refractivity contribution < 1.29 is 9.18 Å². The third kappa shape index (κ3) is 2.83. The van der Waals surface area contributed by atoms with Crippen LogP contribution in [0.1, 0.15) is 25.7 Å². The number of thioether (sulfide) groups is 1. The molecule has 0 spiro atoms. The first-order valence-electron chi connectivity index (χ1n) is 7.07. The average Bonchev–Trinajstić information content (AvgIpc) is 3.27. The van der Waals surface area contributed by atoms with Crippen LogP contribution in [0.15, 0.2) is 29.2 Å². The first-order valence-corrected chi connectivity index (χ1v) is 8.05. The molecule has 2 aliphatic rings. The number of hydrogen-bond acceptors (Lipinski definition) is 3. The van der Waals surface area contributed by atoms with E-state index in [9.17, 15) is 9.18 Å². The van der Waals surface area contributed by atoms with Crippen LogP contribution in [-0.2, 0) is 4.79 Å². The van der Waals surface area contributed by atoms with Gasteiger partial charge >= 0.3 is 0 Å². The molecule has 3 rings (SSSR count). The van der Waals surface area contributed by atoms with Crippen molar-refractivity contribution in [2.45, 2.75) is 42.2 Å².